The predicted molar refractivity (Wildman–Crippen MR) is 78.6 cm³/mol. The summed E-state index contributed by atoms with van der Waals surface area (Å²) < 4.78 is 6.04. The lowest BCUT2D eigenvalue weighted by Crippen LogP contribution is -2.23. The second-order valence-electron chi connectivity index (χ2n) is 4.81. The maximum atomic E-state index is 6.57. The molecule has 3 aromatic rings. The van der Waals surface area contributed by atoms with E-state index in [9.17, 15) is 0 Å². The fraction of sp³-hybridized carbons (Fsp3) is 0.125. The summed E-state index contributed by atoms with van der Waals surface area (Å²) in [4.78, 5) is 2.07. The third kappa shape index (κ3) is 1.38. The van der Waals surface area contributed by atoms with E-state index in [0.29, 0.717) is 0 Å². The molecular weight excluding hydrogens is 258 g/mol. The van der Waals surface area contributed by atoms with Gasteiger partial charge in [-0.2, -0.15) is 0 Å². The number of halogens is 1. The van der Waals surface area contributed by atoms with Crippen LogP contribution in [0.1, 0.15) is 11.1 Å². The van der Waals surface area contributed by atoms with Gasteiger partial charge in [0.25, 0.3) is 0 Å². The molecule has 1 aromatic heterocycles. The first kappa shape index (κ1) is 10.9. The molecule has 0 spiro atoms. The van der Waals surface area contributed by atoms with Crippen molar-refractivity contribution in [1.29, 1.82) is 0 Å². The monoisotopic (exact) mass is 269 g/mol. The minimum atomic E-state index is -0.162. The van der Waals surface area contributed by atoms with Crippen molar-refractivity contribution in [2.45, 2.75) is 5.50 Å². The van der Waals surface area contributed by atoms with Gasteiger partial charge in [0.15, 0.2) is 5.76 Å². The Bertz CT molecular complexity index is 777. The molecule has 19 heavy (non-hydrogen) atoms. The zero-order valence-corrected chi connectivity index (χ0v) is 11.2. The Morgan fingerprint density at radius 2 is 1.79 bits per heavy atom. The fourth-order valence-corrected chi connectivity index (χ4v) is 3.09. The average molecular weight is 270 g/mol. The number of fused-ring (bicyclic) bond motifs is 5. The highest BCUT2D eigenvalue weighted by molar-refractivity contribution is 6.24. The van der Waals surface area contributed by atoms with E-state index >= 15 is 0 Å². The zero-order chi connectivity index (χ0) is 13.0. The number of hydrogen-bond acceptors (Lipinski definition) is 2. The highest BCUT2D eigenvalue weighted by Gasteiger charge is 2.31. The molecule has 2 aromatic carbocycles. The van der Waals surface area contributed by atoms with Crippen LogP contribution < -0.4 is 4.90 Å². The quantitative estimate of drug-likeness (QED) is 0.431. The molecule has 0 fully saturated rings. The molecule has 94 valence electrons. The number of benzene rings is 2. The Kier molecular flexibility index (Phi) is 2.18. The number of hydrogen-bond donors (Lipinski definition) is 0. The van der Waals surface area contributed by atoms with Gasteiger partial charge in [0.2, 0.25) is 0 Å². The molecule has 0 radical (unpaired) electrons. The minimum absolute atomic E-state index is 0.162. The van der Waals surface area contributed by atoms with Gasteiger partial charge in [-0.3, -0.25) is 0 Å². The summed E-state index contributed by atoms with van der Waals surface area (Å²) in [6.45, 7) is 0. The largest absolute Gasteiger partial charge is 0.454 e. The smallest absolute Gasteiger partial charge is 0.159 e. The second kappa shape index (κ2) is 3.78. The summed E-state index contributed by atoms with van der Waals surface area (Å²) in [5.41, 5.74) is 4.00. The van der Waals surface area contributed by atoms with Crippen LogP contribution in [0.2, 0.25) is 0 Å². The van der Waals surface area contributed by atoms with E-state index in [-0.39, 0.29) is 5.50 Å². The molecule has 1 aliphatic heterocycles. The lowest BCUT2D eigenvalue weighted by molar-refractivity contribution is 0.624. The van der Waals surface area contributed by atoms with Crippen LogP contribution in [-0.4, -0.2) is 7.05 Å². The van der Waals surface area contributed by atoms with Crippen molar-refractivity contribution in [3.05, 3.63) is 54.1 Å². The maximum absolute atomic E-state index is 6.57. The van der Waals surface area contributed by atoms with Gasteiger partial charge >= 0.3 is 0 Å². The minimum Gasteiger partial charge on any atom is -0.454 e. The van der Waals surface area contributed by atoms with Crippen molar-refractivity contribution in [1.82, 2.24) is 0 Å². The number of rotatable bonds is 0. The van der Waals surface area contributed by atoms with Gasteiger partial charge in [-0.25, -0.2) is 0 Å². The van der Waals surface area contributed by atoms with Crippen LogP contribution in [0, 0.1) is 0 Å². The highest BCUT2D eigenvalue weighted by Crippen LogP contribution is 2.49. The van der Waals surface area contributed by atoms with E-state index in [1.807, 2.05) is 37.4 Å². The Hall–Kier alpha value is -1.93. The highest BCUT2D eigenvalue weighted by atomic mass is 35.5. The van der Waals surface area contributed by atoms with E-state index < -0.39 is 0 Å². The molecule has 0 saturated carbocycles. The van der Waals surface area contributed by atoms with Gasteiger partial charge < -0.3 is 9.32 Å². The van der Waals surface area contributed by atoms with E-state index in [1.165, 1.54) is 0 Å². The third-order valence-corrected chi connectivity index (χ3v) is 4.25. The van der Waals surface area contributed by atoms with Crippen LogP contribution in [0.4, 0.5) is 5.69 Å². The summed E-state index contributed by atoms with van der Waals surface area (Å²) in [6.07, 6.45) is 0. The van der Waals surface area contributed by atoms with Crippen LogP contribution in [0.5, 0.6) is 0 Å². The van der Waals surface area contributed by atoms with Gasteiger partial charge in [0, 0.05) is 23.6 Å². The first-order valence-corrected chi connectivity index (χ1v) is 6.69. The van der Waals surface area contributed by atoms with Gasteiger partial charge in [-0.05, 0) is 12.1 Å². The third-order valence-electron chi connectivity index (χ3n) is 3.72. The standard InChI is InChI=1S/C16H12ClNO/c1-18-14-12-8-4-5-9-13(12)19-15(14)10-6-2-3-7-11(10)16(18)17/h2-9,16H,1H3. The number of furan rings is 1. The number of nitrogens with zero attached hydrogens (tertiary/aromatic N) is 1. The summed E-state index contributed by atoms with van der Waals surface area (Å²) in [5.74, 6) is 0.913. The van der Waals surface area contributed by atoms with Crippen molar-refractivity contribution in [3.8, 4) is 11.3 Å². The predicted octanol–water partition coefficient (Wildman–Crippen LogP) is 4.79. The van der Waals surface area contributed by atoms with E-state index in [0.717, 1.165) is 33.5 Å². The normalized spacial score (nSPS) is 17.4. The molecular formula is C16H12ClNO. The number of alkyl halides is 1. The molecule has 1 unspecified atom stereocenters. The molecule has 0 N–H and O–H groups in total. The van der Waals surface area contributed by atoms with Gasteiger partial charge in [0.05, 0.1) is 5.69 Å². The first-order chi connectivity index (χ1) is 9.27. The fourth-order valence-electron chi connectivity index (χ4n) is 2.80. The molecule has 0 bridgehead atoms. The van der Waals surface area contributed by atoms with Gasteiger partial charge in [0.1, 0.15) is 11.1 Å². The van der Waals surface area contributed by atoms with Crippen molar-refractivity contribution in [3.63, 3.8) is 0 Å². The van der Waals surface area contributed by atoms with Crippen LogP contribution >= 0.6 is 11.6 Å². The summed E-state index contributed by atoms with van der Waals surface area (Å²) in [7, 11) is 2.01. The van der Waals surface area contributed by atoms with Gasteiger partial charge in [-0.15, -0.1) is 0 Å². The molecule has 3 heteroatoms. The second-order valence-corrected chi connectivity index (χ2v) is 5.22. The Labute approximate surface area is 116 Å². The first-order valence-electron chi connectivity index (χ1n) is 6.25. The molecule has 4 rings (SSSR count). The van der Waals surface area contributed by atoms with Crippen molar-refractivity contribution >= 4 is 28.3 Å². The molecule has 1 aliphatic rings. The number of para-hydroxylation sites is 1. The Morgan fingerprint density at radius 3 is 2.68 bits per heavy atom. The van der Waals surface area contributed by atoms with E-state index in [2.05, 4.69) is 23.1 Å². The summed E-state index contributed by atoms with van der Waals surface area (Å²) in [6, 6.07) is 16.2. The van der Waals surface area contributed by atoms with Gasteiger partial charge in [-0.1, -0.05) is 48.0 Å². The number of anilines is 1. The SMILES string of the molecule is CN1c2c(oc3ccccc23)-c2ccccc2C1Cl. The summed E-state index contributed by atoms with van der Waals surface area (Å²) >= 11 is 6.57. The molecule has 0 amide bonds. The molecule has 2 nitrogen and oxygen atoms in total. The Morgan fingerprint density at radius 1 is 1.05 bits per heavy atom. The molecule has 0 aliphatic carbocycles. The van der Waals surface area contributed by atoms with E-state index in [1.54, 1.807) is 0 Å². The van der Waals surface area contributed by atoms with Crippen molar-refractivity contribution < 1.29 is 4.42 Å². The Balaban J connectivity index is 2.14. The summed E-state index contributed by atoms with van der Waals surface area (Å²) in [5, 5.41) is 1.11. The lowest BCUT2D eigenvalue weighted by atomic mass is 9.98. The van der Waals surface area contributed by atoms with Crippen molar-refractivity contribution in [2.75, 3.05) is 11.9 Å². The van der Waals surface area contributed by atoms with Crippen molar-refractivity contribution in [2.24, 2.45) is 0 Å². The average Bonchev–Trinajstić information content (AvgIpc) is 2.84. The van der Waals surface area contributed by atoms with Crippen LogP contribution in [-0.2, 0) is 0 Å². The molecule has 2 heterocycles. The maximum Gasteiger partial charge on any atom is 0.159 e. The van der Waals surface area contributed by atoms with Crippen LogP contribution in [0.15, 0.2) is 52.9 Å². The van der Waals surface area contributed by atoms with Crippen LogP contribution in [0.25, 0.3) is 22.3 Å². The molecule has 1 atom stereocenters. The van der Waals surface area contributed by atoms with E-state index in [4.69, 9.17) is 16.0 Å². The topological polar surface area (TPSA) is 16.4 Å². The molecule has 0 saturated heterocycles. The van der Waals surface area contributed by atoms with Crippen LogP contribution in [0.3, 0.4) is 0 Å². The lowest BCUT2D eigenvalue weighted by Gasteiger charge is -2.31. The zero-order valence-electron chi connectivity index (χ0n) is 10.4.